The van der Waals surface area contributed by atoms with Crippen LogP contribution in [-0.2, 0) is 19.6 Å². The first-order valence-electron chi connectivity index (χ1n) is 10.9. The second-order valence-corrected chi connectivity index (χ2v) is 10.5. The summed E-state index contributed by atoms with van der Waals surface area (Å²) in [6.07, 6.45) is 2.43. The van der Waals surface area contributed by atoms with E-state index in [1.165, 1.54) is 13.3 Å². The Balaban J connectivity index is 1.50. The summed E-state index contributed by atoms with van der Waals surface area (Å²) in [5, 5.41) is 6.60. The molecule has 0 spiro atoms. The van der Waals surface area contributed by atoms with Gasteiger partial charge in [0.25, 0.3) is 11.8 Å². The summed E-state index contributed by atoms with van der Waals surface area (Å²) in [4.78, 5) is 24.5. The highest BCUT2D eigenvalue weighted by molar-refractivity contribution is 9.10. The van der Waals surface area contributed by atoms with Crippen molar-refractivity contribution in [2.45, 2.75) is 0 Å². The van der Waals surface area contributed by atoms with Crippen LogP contribution in [0.3, 0.4) is 0 Å². The average Bonchev–Trinajstić information content (AvgIpc) is 2.87. The molecule has 194 valence electrons. The normalized spacial score (nSPS) is 11.1. The van der Waals surface area contributed by atoms with Crippen molar-refractivity contribution in [1.82, 2.24) is 5.43 Å². The molecule has 0 aromatic heterocycles. The molecule has 0 fully saturated rings. The molecule has 0 bridgehead atoms. The van der Waals surface area contributed by atoms with Crippen LogP contribution in [0.4, 0.5) is 11.4 Å². The third kappa shape index (κ3) is 8.62. The third-order valence-electron chi connectivity index (χ3n) is 4.84. The minimum atomic E-state index is -3.68. The summed E-state index contributed by atoms with van der Waals surface area (Å²) in [6.45, 7) is -0.627. The molecule has 0 aliphatic heterocycles. The van der Waals surface area contributed by atoms with E-state index in [-0.39, 0.29) is 12.5 Å². The fourth-order valence-electron chi connectivity index (χ4n) is 3.09. The number of benzene rings is 3. The standard InChI is InChI=1S/C25H25BrN4O6S/c1-35-23-6-4-3-5-22(23)28-25(32)17-36-21-13-7-18(8-14-21)15-27-29-24(31)16-30(37(2,33)34)20-11-9-19(26)10-12-20/h3-15H,16-17H2,1-2H3,(H,28,32)(H,29,31)/b27-15-. The zero-order valence-electron chi connectivity index (χ0n) is 20.0. The molecular weight excluding hydrogens is 564 g/mol. The highest BCUT2D eigenvalue weighted by Crippen LogP contribution is 2.23. The number of methoxy groups -OCH3 is 1. The topological polar surface area (TPSA) is 126 Å². The molecule has 0 saturated carbocycles. The number of halogens is 1. The second-order valence-electron chi connectivity index (χ2n) is 7.65. The first-order chi connectivity index (χ1) is 17.7. The molecule has 0 aliphatic carbocycles. The first-order valence-corrected chi connectivity index (χ1v) is 13.5. The number of ether oxygens (including phenoxy) is 2. The van der Waals surface area contributed by atoms with Crippen molar-refractivity contribution < 1.29 is 27.5 Å². The lowest BCUT2D eigenvalue weighted by Crippen LogP contribution is -2.38. The van der Waals surface area contributed by atoms with Gasteiger partial charge in [-0.1, -0.05) is 28.1 Å². The van der Waals surface area contributed by atoms with E-state index >= 15 is 0 Å². The molecule has 0 aliphatic rings. The Labute approximate surface area is 223 Å². The summed E-state index contributed by atoms with van der Waals surface area (Å²) < 4.78 is 36.8. The van der Waals surface area contributed by atoms with Crippen LogP contribution in [0.2, 0.25) is 0 Å². The maximum absolute atomic E-state index is 12.3. The van der Waals surface area contributed by atoms with Gasteiger partial charge in [-0.3, -0.25) is 13.9 Å². The van der Waals surface area contributed by atoms with E-state index in [1.807, 2.05) is 0 Å². The largest absolute Gasteiger partial charge is 0.495 e. The summed E-state index contributed by atoms with van der Waals surface area (Å²) in [5.41, 5.74) is 3.88. The molecule has 0 saturated heterocycles. The first kappa shape index (κ1) is 27.7. The highest BCUT2D eigenvalue weighted by atomic mass is 79.9. The van der Waals surface area contributed by atoms with Crippen molar-refractivity contribution in [3.63, 3.8) is 0 Å². The maximum Gasteiger partial charge on any atom is 0.262 e. The summed E-state index contributed by atoms with van der Waals surface area (Å²) in [6, 6.07) is 20.3. The van der Waals surface area contributed by atoms with Gasteiger partial charge in [-0.15, -0.1) is 0 Å². The fraction of sp³-hybridized carbons (Fsp3) is 0.160. The Bertz CT molecular complexity index is 1360. The molecule has 3 aromatic rings. The SMILES string of the molecule is COc1ccccc1NC(=O)COc1ccc(/C=N\NC(=O)CN(c2ccc(Br)cc2)S(C)(=O)=O)cc1. The van der Waals surface area contributed by atoms with Crippen LogP contribution < -0.4 is 24.5 Å². The second kappa shape index (κ2) is 12.9. The number of rotatable bonds is 11. The van der Waals surface area contributed by atoms with Crippen LogP contribution >= 0.6 is 15.9 Å². The van der Waals surface area contributed by atoms with E-state index in [1.54, 1.807) is 72.8 Å². The molecule has 2 N–H and O–H groups in total. The van der Waals surface area contributed by atoms with Crippen molar-refractivity contribution in [2.75, 3.05) is 36.1 Å². The summed E-state index contributed by atoms with van der Waals surface area (Å²) >= 11 is 3.29. The lowest BCUT2D eigenvalue weighted by molar-refractivity contribution is -0.119. The third-order valence-corrected chi connectivity index (χ3v) is 6.51. The smallest absolute Gasteiger partial charge is 0.262 e. The maximum atomic E-state index is 12.3. The molecule has 37 heavy (non-hydrogen) atoms. The molecule has 3 aromatic carbocycles. The Morgan fingerprint density at radius 1 is 1.00 bits per heavy atom. The zero-order chi connectivity index (χ0) is 26.8. The Morgan fingerprint density at radius 3 is 2.32 bits per heavy atom. The van der Waals surface area contributed by atoms with E-state index < -0.39 is 22.5 Å². The number of amides is 2. The number of carbonyl (C=O) groups excluding carboxylic acids is 2. The van der Waals surface area contributed by atoms with Crippen molar-refractivity contribution >= 4 is 55.4 Å². The van der Waals surface area contributed by atoms with Crippen molar-refractivity contribution in [3.05, 3.63) is 82.8 Å². The van der Waals surface area contributed by atoms with E-state index in [9.17, 15) is 18.0 Å². The number of sulfonamides is 1. The van der Waals surface area contributed by atoms with Crippen molar-refractivity contribution in [2.24, 2.45) is 5.10 Å². The van der Waals surface area contributed by atoms with E-state index in [4.69, 9.17) is 9.47 Å². The molecule has 3 rings (SSSR count). The molecule has 0 radical (unpaired) electrons. The van der Waals surface area contributed by atoms with Crippen LogP contribution in [0, 0.1) is 0 Å². The molecule has 10 nitrogen and oxygen atoms in total. The highest BCUT2D eigenvalue weighted by Gasteiger charge is 2.20. The zero-order valence-corrected chi connectivity index (χ0v) is 22.5. The van der Waals surface area contributed by atoms with Crippen molar-refractivity contribution in [1.29, 1.82) is 0 Å². The number of anilines is 2. The van der Waals surface area contributed by atoms with Gasteiger partial charge in [-0.05, 0) is 66.2 Å². The Hall–Kier alpha value is -3.90. The van der Waals surface area contributed by atoms with Crippen LogP contribution in [0.1, 0.15) is 5.56 Å². The monoisotopic (exact) mass is 588 g/mol. The minimum Gasteiger partial charge on any atom is -0.495 e. The van der Waals surface area contributed by atoms with Crippen LogP contribution in [0.5, 0.6) is 11.5 Å². The number of nitrogens with zero attached hydrogens (tertiary/aromatic N) is 2. The number of hydrogen-bond acceptors (Lipinski definition) is 7. The van der Waals surface area contributed by atoms with Gasteiger partial charge in [-0.25, -0.2) is 13.8 Å². The Morgan fingerprint density at radius 2 is 1.68 bits per heavy atom. The minimum absolute atomic E-state index is 0.198. The van der Waals surface area contributed by atoms with Gasteiger partial charge in [0.2, 0.25) is 10.0 Å². The molecule has 0 heterocycles. The van der Waals surface area contributed by atoms with Crippen molar-refractivity contribution in [3.8, 4) is 11.5 Å². The van der Waals surface area contributed by atoms with Crippen LogP contribution in [-0.4, -0.2) is 53.0 Å². The predicted octanol–water partition coefficient (Wildman–Crippen LogP) is 3.39. The molecule has 0 unspecified atom stereocenters. The number of para-hydroxylation sites is 2. The quantitative estimate of drug-likeness (QED) is 0.261. The number of carbonyl (C=O) groups is 2. The van der Waals surface area contributed by atoms with Gasteiger partial charge in [0.1, 0.15) is 18.0 Å². The van der Waals surface area contributed by atoms with Gasteiger partial charge >= 0.3 is 0 Å². The summed E-state index contributed by atoms with van der Waals surface area (Å²) in [7, 11) is -2.16. The van der Waals surface area contributed by atoms with Crippen LogP contribution in [0.15, 0.2) is 82.4 Å². The molecule has 0 atom stereocenters. The predicted molar refractivity (Wildman–Crippen MR) is 146 cm³/mol. The summed E-state index contributed by atoms with van der Waals surface area (Å²) in [5.74, 6) is 0.0632. The van der Waals surface area contributed by atoms with Gasteiger partial charge in [0.15, 0.2) is 6.61 Å². The van der Waals surface area contributed by atoms with Gasteiger partial charge in [0.05, 0.1) is 31.0 Å². The lowest BCUT2D eigenvalue weighted by Gasteiger charge is -2.21. The lowest BCUT2D eigenvalue weighted by atomic mass is 10.2. The Kier molecular flexibility index (Phi) is 9.64. The van der Waals surface area contributed by atoms with E-state index in [0.717, 1.165) is 15.0 Å². The fourth-order valence-corrected chi connectivity index (χ4v) is 4.21. The average molecular weight is 589 g/mol. The van der Waals surface area contributed by atoms with Gasteiger partial charge in [0, 0.05) is 4.47 Å². The van der Waals surface area contributed by atoms with E-state index in [2.05, 4.69) is 31.8 Å². The number of hydrogen-bond donors (Lipinski definition) is 2. The van der Waals surface area contributed by atoms with Gasteiger partial charge in [-0.2, -0.15) is 5.10 Å². The number of nitrogens with one attached hydrogen (secondary N) is 2. The van der Waals surface area contributed by atoms with E-state index in [0.29, 0.717) is 28.4 Å². The molecule has 2 amide bonds. The molecular formula is C25H25BrN4O6S. The molecule has 12 heteroatoms. The van der Waals surface area contributed by atoms with Gasteiger partial charge < -0.3 is 14.8 Å². The van der Waals surface area contributed by atoms with Crippen LogP contribution in [0.25, 0.3) is 0 Å². The number of hydrazone groups is 1.